The van der Waals surface area contributed by atoms with E-state index in [-0.39, 0.29) is 35.9 Å². The molecule has 0 atom stereocenters. The van der Waals surface area contributed by atoms with Gasteiger partial charge in [0.1, 0.15) is 0 Å². The second-order valence-corrected chi connectivity index (χ2v) is 7.15. The molecule has 0 spiro atoms. The fourth-order valence-electron chi connectivity index (χ4n) is 2.58. The van der Waals surface area contributed by atoms with Gasteiger partial charge in [-0.05, 0) is 29.2 Å². The monoisotopic (exact) mass is 369 g/mol. The predicted molar refractivity (Wildman–Crippen MR) is 104 cm³/mol. The van der Waals surface area contributed by atoms with Crippen LogP contribution >= 0.6 is 0 Å². The Bertz CT molecular complexity index is 839. The molecule has 7 nitrogen and oxygen atoms in total. The van der Waals surface area contributed by atoms with Gasteiger partial charge in [-0.2, -0.15) is 0 Å². The normalized spacial score (nSPS) is 10.9. The molecule has 0 fully saturated rings. The fraction of sp³-hybridized carbons (Fsp3) is 0.300. The van der Waals surface area contributed by atoms with Gasteiger partial charge in [-0.1, -0.05) is 39.0 Å². The van der Waals surface area contributed by atoms with Crippen LogP contribution in [0.25, 0.3) is 0 Å². The summed E-state index contributed by atoms with van der Waals surface area (Å²) in [6.07, 6.45) is 0.122. The zero-order valence-electron chi connectivity index (χ0n) is 15.6. The zero-order chi connectivity index (χ0) is 20.0. The zero-order valence-corrected chi connectivity index (χ0v) is 15.6. The third kappa shape index (κ3) is 5.64. The summed E-state index contributed by atoms with van der Waals surface area (Å²) in [5.74, 6) is -0.580. The van der Waals surface area contributed by atoms with Crippen LogP contribution in [-0.2, 0) is 10.2 Å². The van der Waals surface area contributed by atoms with Crippen LogP contribution in [0.3, 0.4) is 0 Å². The fourth-order valence-corrected chi connectivity index (χ4v) is 2.58. The molecule has 0 saturated carbocycles. The van der Waals surface area contributed by atoms with Crippen molar-refractivity contribution in [1.29, 1.82) is 0 Å². The van der Waals surface area contributed by atoms with Crippen molar-refractivity contribution in [2.24, 2.45) is 0 Å². The van der Waals surface area contributed by atoms with E-state index in [4.69, 9.17) is 0 Å². The van der Waals surface area contributed by atoms with E-state index in [1.54, 1.807) is 0 Å². The summed E-state index contributed by atoms with van der Waals surface area (Å²) in [5.41, 5.74) is 1.92. The largest absolute Gasteiger partial charge is 0.352 e. The van der Waals surface area contributed by atoms with Crippen molar-refractivity contribution in [3.8, 4) is 0 Å². The topological polar surface area (TPSA) is 101 Å². The maximum atomic E-state index is 12.2. The van der Waals surface area contributed by atoms with E-state index >= 15 is 0 Å². The molecule has 0 bridgehead atoms. The van der Waals surface area contributed by atoms with Crippen LogP contribution in [0.5, 0.6) is 0 Å². The SMILES string of the molecule is CC(C)(C)c1ccccc1NC(=O)CCNC(=O)c1ccc([N+](=O)[O-])cc1. The van der Waals surface area contributed by atoms with Gasteiger partial charge in [-0.25, -0.2) is 0 Å². The molecule has 0 aromatic heterocycles. The van der Waals surface area contributed by atoms with Crippen molar-refractivity contribution in [2.75, 3.05) is 11.9 Å². The molecule has 0 saturated heterocycles. The lowest BCUT2D eigenvalue weighted by atomic mass is 9.86. The number of benzene rings is 2. The van der Waals surface area contributed by atoms with Crippen LogP contribution in [0.4, 0.5) is 11.4 Å². The highest BCUT2D eigenvalue weighted by molar-refractivity contribution is 5.95. The number of nitrogens with one attached hydrogen (secondary N) is 2. The number of carbonyl (C=O) groups is 2. The molecule has 0 aliphatic rings. The summed E-state index contributed by atoms with van der Waals surface area (Å²) in [6, 6.07) is 12.9. The molecule has 0 aliphatic carbocycles. The standard InChI is InChI=1S/C20H23N3O4/c1-20(2,3)16-6-4-5-7-17(16)22-18(24)12-13-21-19(25)14-8-10-15(11-9-14)23(26)27/h4-11H,12-13H2,1-3H3,(H,21,25)(H,22,24). The maximum absolute atomic E-state index is 12.2. The highest BCUT2D eigenvalue weighted by atomic mass is 16.6. The van der Waals surface area contributed by atoms with E-state index in [9.17, 15) is 19.7 Å². The third-order valence-electron chi connectivity index (χ3n) is 3.99. The number of nitro benzene ring substituents is 1. The molecular formula is C20H23N3O4. The Hall–Kier alpha value is -3.22. The number of hydrogen-bond donors (Lipinski definition) is 2. The van der Waals surface area contributed by atoms with Crippen LogP contribution < -0.4 is 10.6 Å². The Labute approximate surface area is 157 Å². The molecule has 0 heterocycles. The summed E-state index contributed by atoms with van der Waals surface area (Å²) >= 11 is 0. The quantitative estimate of drug-likeness (QED) is 0.599. The Morgan fingerprint density at radius 2 is 1.67 bits per heavy atom. The molecule has 7 heteroatoms. The first-order chi connectivity index (χ1) is 12.7. The Balaban J connectivity index is 1.88. The average molecular weight is 369 g/mol. The minimum absolute atomic E-state index is 0.0801. The van der Waals surface area contributed by atoms with E-state index in [1.807, 2.05) is 24.3 Å². The van der Waals surface area contributed by atoms with Crippen LogP contribution in [0.1, 0.15) is 43.1 Å². The molecule has 0 radical (unpaired) electrons. The number of amides is 2. The van der Waals surface area contributed by atoms with E-state index < -0.39 is 4.92 Å². The molecule has 2 aromatic rings. The minimum Gasteiger partial charge on any atom is -0.352 e. The summed E-state index contributed by atoms with van der Waals surface area (Å²) in [7, 11) is 0. The average Bonchev–Trinajstić information content (AvgIpc) is 2.61. The van der Waals surface area contributed by atoms with Gasteiger partial charge in [0.2, 0.25) is 5.91 Å². The van der Waals surface area contributed by atoms with Gasteiger partial charge < -0.3 is 10.6 Å². The van der Waals surface area contributed by atoms with Crippen LogP contribution in [0.2, 0.25) is 0 Å². The van der Waals surface area contributed by atoms with E-state index in [0.717, 1.165) is 11.3 Å². The van der Waals surface area contributed by atoms with Crippen molar-refractivity contribution < 1.29 is 14.5 Å². The van der Waals surface area contributed by atoms with Gasteiger partial charge in [0, 0.05) is 36.3 Å². The molecular weight excluding hydrogens is 346 g/mol. The molecule has 27 heavy (non-hydrogen) atoms. The van der Waals surface area contributed by atoms with Crippen molar-refractivity contribution in [1.82, 2.24) is 5.32 Å². The van der Waals surface area contributed by atoms with Gasteiger partial charge in [-0.15, -0.1) is 0 Å². The first-order valence-electron chi connectivity index (χ1n) is 8.60. The lowest BCUT2D eigenvalue weighted by Crippen LogP contribution is -2.28. The lowest BCUT2D eigenvalue weighted by Gasteiger charge is -2.23. The van der Waals surface area contributed by atoms with Crippen LogP contribution in [0, 0.1) is 10.1 Å². The molecule has 2 N–H and O–H groups in total. The third-order valence-corrected chi connectivity index (χ3v) is 3.99. The van der Waals surface area contributed by atoms with Crippen LogP contribution in [-0.4, -0.2) is 23.3 Å². The van der Waals surface area contributed by atoms with Crippen LogP contribution in [0.15, 0.2) is 48.5 Å². The Morgan fingerprint density at radius 1 is 1.04 bits per heavy atom. The van der Waals surface area contributed by atoms with Gasteiger partial charge >= 0.3 is 0 Å². The van der Waals surface area contributed by atoms with Crippen molar-refractivity contribution in [2.45, 2.75) is 32.6 Å². The van der Waals surface area contributed by atoms with E-state index in [0.29, 0.717) is 5.56 Å². The molecule has 0 unspecified atom stereocenters. The number of anilines is 1. The number of hydrogen-bond acceptors (Lipinski definition) is 4. The molecule has 142 valence electrons. The summed E-state index contributed by atoms with van der Waals surface area (Å²) in [6.45, 7) is 6.38. The van der Waals surface area contributed by atoms with Crippen molar-refractivity contribution in [3.05, 3.63) is 69.8 Å². The summed E-state index contributed by atoms with van der Waals surface area (Å²) in [4.78, 5) is 34.3. The number of para-hydroxylation sites is 1. The van der Waals surface area contributed by atoms with Gasteiger partial charge in [0.25, 0.3) is 11.6 Å². The first-order valence-corrected chi connectivity index (χ1v) is 8.60. The van der Waals surface area contributed by atoms with Gasteiger partial charge in [0.05, 0.1) is 4.92 Å². The minimum atomic E-state index is -0.526. The molecule has 2 amide bonds. The molecule has 0 aliphatic heterocycles. The lowest BCUT2D eigenvalue weighted by molar-refractivity contribution is -0.384. The summed E-state index contributed by atoms with van der Waals surface area (Å²) in [5, 5.41) is 16.2. The van der Waals surface area contributed by atoms with Crippen molar-refractivity contribution >= 4 is 23.2 Å². The van der Waals surface area contributed by atoms with Gasteiger partial charge in [-0.3, -0.25) is 19.7 Å². The number of carbonyl (C=O) groups excluding carboxylic acids is 2. The number of nitrogens with zero attached hydrogens (tertiary/aromatic N) is 1. The molecule has 2 rings (SSSR count). The predicted octanol–water partition coefficient (Wildman–Crippen LogP) is 3.65. The molecule has 2 aromatic carbocycles. The van der Waals surface area contributed by atoms with Gasteiger partial charge in [0.15, 0.2) is 0 Å². The second kappa shape index (κ2) is 8.44. The van der Waals surface area contributed by atoms with E-state index in [1.165, 1.54) is 24.3 Å². The van der Waals surface area contributed by atoms with Crippen molar-refractivity contribution in [3.63, 3.8) is 0 Å². The highest BCUT2D eigenvalue weighted by Gasteiger charge is 2.18. The Morgan fingerprint density at radius 3 is 2.26 bits per heavy atom. The first kappa shape index (κ1) is 20.1. The van der Waals surface area contributed by atoms with E-state index in [2.05, 4.69) is 31.4 Å². The number of non-ortho nitro benzene ring substituents is 1. The maximum Gasteiger partial charge on any atom is 0.269 e. The Kier molecular flexibility index (Phi) is 6.28. The summed E-state index contributed by atoms with van der Waals surface area (Å²) < 4.78 is 0. The number of rotatable bonds is 6. The smallest absolute Gasteiger partial charge is 0.269 e. The second-order valence-electron chi connectivity index (χ2n) is 7.15. The number of nitro groups is 1. The highest BCUT2D eigenvalue weighted by Crippen LogP contribution is 2.29.